The van der Waals surface area contributed by atoms with Crippen LogP contribution in [0, 0.1) is 23.2 Å². The summed E-state index contributed by atoms with van der Waals surface area (Å²) in [6, 6.07) is 0. The minimum Gasteiger partial charge on any atom is -0.392 e. The highest BCUT2D eigenvalue weighted by Crippen LogP contribution is 2.61. The molecule has 4 heteroatoms. The summed E-state index contributed by atoms with van der Waals surface area (Å²) in [6.45, 7) is 3.06. The Balaban J connectivity index is 1.52. The topological polar surface area (TPSA) is 50.9 Å². The minimum atomic E-state index is -0.231. The molecule has 4 nitrogen and oxygen atoms in total. The number of nitrogens with zero attached hydrogens (tertiary/aromatic N) is 3. The second kappa shape index (κ2) is 5.08. The Morgan fingerprint density at radius 1 is 1.24 bits per heavy atom. The van der Waals surface area contributed by atoms with Crippen molar-refractivity contribution >= 4 is 0 Å². The minimum absolute atomic E-state index is 0.192. The molecule has 0 radical (unpaired) electrons. The third-order valence-electron chi connectivity index (χ3n) is 6.30. The van der Waals surface area contributed by atoms with E-state index in [-0.39, 0.29) is 11.5 Å². The molecule has 1 N–H and O–H groups in total. The largest absolute Gasteiger partial charge is 0.392 e. The van der Waals surface area contributed by atoms with E-state index in [2.05, 4.69) is 17.0 Å². The summed E-state index contributed by atoms with van der Waals surface area (Å²) in [7, 11) is 0. The molecule has 4 saturated carbocycles. The smallest absolute Gasteiger partial charge is 0.138 e. The van der Waals surface area contributed by atoms with Crippen LogP contribution in [0.15, 0.2) is 6.33 Å². The molecule has 0 amide bonds. The first-order valence-electron chi connectivity index (χ1n) is 8.73. The van der Waals surface area contributed by atoms with E-state index in [1.54, 1.807) is 6.33 Å². The molecular formula is C17H27N3O. The van der Waals surface area contributed by atoms with Gasteiger partial charge in [0.05, 0.1) is 6.10 Å². The molecule has 0 spiro atoms. The highest BCUT2D eigenvalue weighted by atomic mass is 16.3. The predicted octanol–water partition coefficient (Wildman–Crippen LogP) is 2.81. The summed E-state index contributed by atoms with van der Waals surface area (Å²) in [5, 5.41) is 15.3. The Morgan fingerprint density at radius 3 is 2.43 bits per heavy atom. The van der Waals surface area contributed by atoms with E-state index in [9.17, 15) is 5.11 Å². The first-order chi connectivity index (χ1) is 10.2. The van der Waals surface area contributed by atoms with Crippen molar-refractivity contribution < 1.29 is 5.11 Å². The molecule has 4 aliphatic rings. The van der Waals surface area contributed by atoms with Crippen LogP contribution in [0.25, 0.3) is 0 Å². The first-order valence-corrected chi connectivity index (χ1v) is 8.73. The van der Waals surface area contributed by atoms with Crippen LogP contribution in [-0.4, -0.2) is 26.0 Å². The van der Waals surface area contributed by atoms with Crippen molar-refractivity contribution in [3.63, 3.8) is 0 Å². The van der Waals surface area contributed by atoms with Gasteiger partial charge in [-0.1, -0.05) is 6.92 Å². The van der Waals surface area contributed by atoms with Crippen molar-refractivity contribution in [3.8, 4) is 0 Å². The SMILES string of the molecule is CCCn1ncnc1CC(O)C12CC3CC(CC(C3)C1)C2. The zero-order chi connectivity index (χ0) is 14.4. The van der Waals surface area contributed by atoms with Crippen molar-refractivity contribution in [2.24, 2.45) is 23.2 Å². The Labute approximate surface area is 127 Å². The Kier molecular flexibility index (Phi) is 3.32. The van der Waals surface area contributed by atoms with Gasteiger partial charge in [-0.05, 0) is 68.1 Å². The van der Waals surface area contributed by atoms with Gasteiger partial charge in [0.15, 0.2) is 0 Å². The third-order valence-corrected chi connectivity index (χ3v) is 6.30. The van der Waals surface area contributed by atoms with Gasteiger partial charge in [0.25, 0.3) is 0 Å². The zero-order valence-corrected chi connectivity index (χ0v) is 13.0. The summed E-state index contributed by atoms with van der Waals surface area (Å²) in [5.74, 6) is 3.64. The van der Waals surface area contributed by atoms with Gasteiger partial charge in [-0.2, -0.15) is 5.10 Å². The van der Waals surface area contributed by atoms with Gasteiger partial charge in [-0.3, -0.25) is 4.68 Å². The summed E-state index contributed by atoms with van der Waals surface area (Å²) in [4.78, 5) is 4.39. The molecule has 0 aromatic carbocycles. The highest BCUT2D eigenvalue weighted by molar-refractivity contribution is 5.06. The number of aliphatic hydroxyl groups is 1. The lowest BCUT2D eigenvalue weighted by molar-refractivity contribution is -0.120. The van der Waals surface area contributed by atoms with E-state index < -0.39 is 0 Å². The zero-order valence-electron chi connectivity index (χ0n) is 13.0. The Hall–Kier alpha value is -0.900. The van der Waals surface area contributed by atoms with E-state index in [1.165, 1.54) is 38.5 Å². The van der Waals surface area contributed by atoms with Gasteiger partial charge < -0.3 is 5.11 Å². The summed E-state index contributed by atoms with van der Waals surface area (Å²) in [6.07, 6.45) is 11.2. The Bertz CT molecular complexity index is 475. The normalized spacial score (nSPS) is 38.9. The lowest BCUT2D eigenvalue weighted by Gasteiger charge is -2.58. The van der Waals surface area contributed by atoms with Gasteiger partial charge in [-0.25, -0.2) is 4.98 Å². The van der Waals surface area contributed by atoms with Gasteiger partial charge in [-0.15, -0.1) is 0 Å². The summed E-state index contributed by atoms with van der Waals surface area (Å²) >= 11 is 0. The van der Waals surface area contributed by atoms with Gasteiger partial charge in [0.2, 0.25) is 0 Å². The molecule has 21 heavy (non-hydrogen) atoms. The van der Waals surface area contributed by atoms with Gasteiger partial charge in [0, 0.05) is 13.0 Å². The van der Waals surface area contributed by atoms with Crippen LogP contribution in [0.5, 0.6) is 0 Å². The standard InChI is InChI=1S/C17H27N3O/c1-2-3-20-16(18-11-19-20)7-15(21)17-8-12-4-13(9-17)6-14(5-12)10-17/h11-15,21H,2-10H2,1H3. The van der Waals surface area contributed by atoms with Crippen LogP contribution in [0.3, 0.4) is 0 Å². The van der Waals surface area contributed by atoms with Crippen LogP contribution >= 0.6 is 0 Å². The first kappa shape index (κ1) is 13.7. The van der Waals surface area contributed by atoms with E-state index >= 15 is 0 Å². The van der Waals surface area contributed by atoms with Gasteiger partial charge >= 0.3 is 0 Å². The molecule has 1 heterocycles. The number of aryl methyl sites for hydroxylation is 1. The molecular weight excluding hydrogens is 262 g/mol. The number of hydrogen-bond donors (Lipinski definition) is 1. The molecule has 1 atom stereocenters. The molecule has 4 bridgehead atoms. The second-order valence-corrected chi connectivity index (χ2v) is 7.90. The molecule has 1 unspecified atom stereocenters. The molecule has 116 valence electrons. The molecule has 1 aromatic heterocycles. The van der Waals surface area contributed by atoms with Gasteiger partial charge in [0.1, 0.15) is 12.2 Å². The summed E-state index contributed by atoms with van der Waals surface area (Å²) < 4.78 is 1.98. The lowest BCUT2D eigenvalue weighted by atomic mass is 9.48. The van der Waals surface area contributed by atoms with Crippen molar-refractivity contribution in [1.82, 2.24) is 14.8 Å². The van der Waals surface area contributed by atoms with E-state index in [1.807, 2.05) is 4.68 Å². The number of hydrogen-bond acceptors (Lipinski definition) is 3. The second-order valence-electron chi connectivity index (χ2n) is 7.90. The molecule has 0 saturated heterocycles. The maximum Gasteiger partial charge on any atom is 0.138 e. The monoisotopic (exact) mass is 289 g/mol. The molecule has 1 aromatic rings. The molecule has 0 aliphatic heterocycles. The van der Waals surface area contributed by atoms with E-state index in [4.69, 9.17) is 0 Å². The fourth-order valence-electron chi connectivity index (χ4n) is 5.82. The predicted molar refractivity (Wildman–Crippen MR) is 80.6 cm³/mol. The van der Waals surface area contributed by atoms with Crippen molar-refractivity contribution in [2.45, 2.75) is 70.9 Å². The Morgan fingerprint density at radius 2 is 1.86 bits per heavy atom. The van der Waals surface area contributed by atoms with Crippen LogP contribution in [-0.2, 0) is 13.0 Å². The highest BCUT2D eigenvalue weighted by Gasteiger charge is 2.54. The average Bonchev–Trinajstić information content (AvgIpc) is 2.85. The molecule has 4 aliphatic carbocycles. The summed E-state index contributed by atoms with van der Waals surface area (Å²) in [5.41, 5.74) is 0.192. The van der Waals surface area contributed by atoms with E-state index in [0.29, 0.717) is 6.42 Å². The fourth-order valence-corrected chi connectivity index (χ4v) is 5.82. The van der Waals surface area contributed by atoms with E-state index in [0.717, 1.165) is 36.5 Å². The molecule has 5 rings (SSSR count). The number of aliphatic hydroxyl groups excluding tert-OH is 1. The quantitative estimate of drug-likeness (QED) is 0.907. The molecule has 4 fully saturated rings. The van der Waals surface area contributed by atoms with Crippen LogP contribution in [0.2, 0.25) is 0 Å². The van der Waals surface area contributed by atoms with Crippen molar-refractivity contribution in [2.75, 3.05) is 0 Å². The fraction of sp³-hybridized carbons (Fsp3) is 0.882. The average molecular weight is 289 g/mol. The maximum absolute atomic E-state index is 11.0. The number of rotatable bonds is 5. The van der Waals surface area contributed by atoms with Crippen molar-refractivity contribution in [1.29, 1.82) is 0 Å². The van der Waals surface area contributed by atoms with Crippen LogP contribution in [0.1, 0.15) is 57.7 Å². The maximum atomic E-state index is 11.0. The van der Waals surface area contributed by atoms with Crippen LogP contribution < -0.4 is 0 Å². The lowest BCUT2D eigenvalue weighted by Crippen LogP contribution is -2.52. The third kappa shape index (κ3) is 2.32. The van der Waals surface area contributed by atoms with Crippen LogP contribution in [0.4, 0.5) is 0 Å². The van der Waals surface area contributed by atoms with Crippen molar-refractivity contribution in [3.05, 3.63) is 12.2 Å². The number of aromatic nitrogens is 3.